The number of aromatic amines is 3. The van der Waals surface area contributed by atoms with Crippen molar-refractivity contribution >= 4 is 10.0 Å². The van der Waals surface area contributed by atoms with Gasteiger partial charge < -0.3 is 5.10 Å². The van der Waals surface area contributed by atoms with Crippen LogP contribution in [0, 0.1) is 13.8 Å². The third-order valence-corrected chi connectivity index (χ3v) is 5.68. The lowest BCUT2D eigenvalue weighted by molar-refractivity contribution is 0.388. The summed E-state index contributed by atoms with van der Waals surface area (Å²) in [6, 6.07) is 0. The van der Waals surface area contributed by atoms with Crippen LogP contribution in [0.15, 0.2) is 9.69 Å². The molecule has 0 bridgehead atoms. The molecule has 3 rings (SSSR count). The molecule has 0 amide bonds. The summed E-state index contributed by atoms with van der Waals surface area (Å²) >= 11 is 0. The number of rotatable bonds is 2. The van der Waals surface area contributed by atoms with Crippen molar-refractivity contribution < 1.29 is 8.42 Å². The largest absolute Gasteiger partial charge is 0.302 e. The van der Waals surface area contributed by atoms with Gasteiger partial charge in [-0.05, 0) is 13.8 Å². The summed E-state index contributed by atoms with van der Waals surface area (Å²) in [5, 5.41) is 11.9. The number of hydrogen-bond donors (Lipinski definition) is 3. The first kappa shape index (κ1) is 13.1. The molecule has 3 N–H and O–H groups in total. The number of sulfonamides is 1. The summed E-state index contributed by atoms with van der Waals surface area (Å²) in [6.45, 7) is 3.74. The molecule has 2 aromatic rings. The Labute approximate surface area is 115 Å². The minimum atomic E-state index is -3.64. The molecule has 0 unspecified atom stereocenters. The predicted molar refractivity (Wildman–Crippen MR) is 70.8 cm³/mol. The van der Waals surface area contributed by atoms with Crippen LogP contribution in [0.25, 0.3) is 0 Å². The highest BCUT2D eigenvalue weighted by molar-refractivity contribution is 7.89. The number of H-pyrrole nitrogens is 3. The summed E-state index contributed by atoms with van der Waals surface area (Å²) in [5.74, 6) is 0. The first-order valence-electron chi connectivity index (χ1n) is 6.21. The molecule has 3 heterocycles. The highest BCUT2D eigenvalue weighted by atomic mass is 32.2. The summed E-state index contributed by atoms with van der Waals surface area (Å²) in [5.41, 5.74) is 1.95. The minimum absolute atomic E-state index is 0.0839. The van der Waals surface area contributed by atoms with Gasteiger partial charge >= 0.3 is 0 Å². The first-order valence-corrected chi connectivity index (χ1v) is 7.65. The third-order valence-electron chi connectivity index (χ3n) is 3.57. The molecule has 2 aromatic heterocycles. The molecule has 0 saturated heterocycles. The van der Waals surface area contributed by atoms with Crippen LogP contribution in [0.2, 0.25) is 0 Å². The second-order valence-corrected chi connectivity index (χ2v) is 6.76. The van der Waals surface area contributed by atoms with Gasteiger partial charge in [0.05, 0.1) is 17.0 Å². The maximum atomic E-state index is 12.7. The van der Waals surface area contributed by atoms with Gasteiger partial charge in [0.1, 0.15) is 4.90 Å². The van der Waals surface area contributed by atoms with E-state index in [9.17, 15) is 13.2 Å². The molecule has 0 fully saturated rings. The fourth-order valence-corrected chi connectivity index (χ4v) is 4.29. The fraction of sp³-hybridized carbons (Fsp3) is 0.455. The van der Waals surface area contributed by atoms with Gasteiger partial charge in [-0.15, -0.1) is 0 Å². The van der Waals surface area contributed by atoms with Gasteiger partial charge in [-0.2, -0.15) is 9.40 Å². The van der Waals surface area contributed by atoms with Crippen LogP contribution in [0.1, 0.15) is 22.6 Å². The Bertz CT molecular complexity index is 794. The fourth-order valence-electron chi connectivity index (χ4n) is 2.55. The van der Waals surface area contributed by atoms with Gasteiger partial charge in [-0.3, -0.25) is 15.0 Å². The lowest BCUT2D eigenvalue weighted by Gasteiger charge is -2.25. The lowest BCUT2D eigenvalue weighted by Crippen LogP contribution is -2.37. The number of nitrogens with zero attached hydrogens (tertiary/aromatic N) is 2. The van der Waals surface area contributed by atoms with Crippen molar-refractivity contribution in [2.24, 2.45) is 0 Å². The Morgan fingerprint density at radius 1 is 1.25 bits per heavy atom. The molecule has 0 aromatic carbocycles. The van der Waals surface area contributed by atoms with Crippen LogP contribution in [-0.4, -0.2) is 39.7 Å². The second-order valence-electron chi connectivity index (χ2n) is 4.89. The van der Waals surface area contributed by atoms with Crippen LogP contribution in [0.5, 0.6) is 0 Å². The minimum Gasteiger partial charge on any atom is -0.302 e. The molecule has 0 radical (unpaired) electrons. The molecular formula is C11H15N5O3S. The molecule has 1 aliphatic rings. The van der Waals surface area contributed by atoms with Crippen molar-refractivity contribution in [3.8, 4) is 0 Å². The molecule has 0 aliphatic carbocycles. The van der Waals surface area contributed by atoms with Crippen molar-refractivity contribution in [2.45, 2.75) is 31.7 Å². The molecule has 0 saturated carbocycles. The zero-order valence-corrected chi connectivity index (χ0v) is 12.0. The van der Waals surface area contributed by atoms with E-state index >= 15 is 0 Å². The smallest absolute Gasteiger partial charge is 0.268 e. The van der Waals surface area contributed by atoms with Crippen LogP contribution in [0.3, 0.4) is 0 Å². The van der Waals surface area contributed by atoms with E-state index in [0.717, 1.165) is 5.69 Å². The van der Waals surface area contributed by atoms with Crippen molar-refractivity contribution in [1.29, 1.82) is 0 Å². The topological polar surface area (TPSA) is 115 Å². The quantitative estimate of drug-likeness (QED) is 0.711. The SMILES string of the molecule is Cc1n[nH]c(C)c1S(=O)(=O)N1CCc2[nH][nH]c(=O)c2C1. The van der Waals surface area contributed by atoms with Crippen LogP contribution < -0.4 is 5.56 Å². The van der Waals surface area contributed by atoms with E-state index in [-0.39, 0.29) is 17.0 Å². The second kappa shape index (κ2) is 4.32. The van der Waals surface area contributed by atoms with Gasteiger partial charge in [-0.1, -0.05) is 0 Å². The van der Waals surface area contributed by atoms with E-state index in [0.29, 0.717) is 29.9 Å². The number of hydrogen-bond acceptors (Lipinski definition) is 4. The van der Waals surface area contributed by atoms with Crippen LogP contribution in [-0.2, 0) is 23.0 Å². The molecule has 0 atom stereocenters. The van der Waals surface area contributed by atoms with Gasteiger partial charge in [-0.25, -0.2) is 8.42 Å². The monoisotopic (exact) mass is 297 g/mol. The molecule has 8 nitrogen and oxygen atoms in total. The number of aromatic nitrogens is 4. The Morgan fingerprint density at radius 3 is 2.65 bits per heavy atom. The van der Waals surface area contributed by atoms with Crippen molar-refractivity contribution in [3.63, 3.8) is 0 Å². The molecule has 108 valence electrons. The molecule has 20 heavy (non-hydrogen) atoms. The van der Waals surface area contributed by atoms with Crippen molar-refractivity contribution in [2.75, 3.05) is 6.54 Å². The van der Waals surface area contributed by atoms with Crippen molar-refractivity contribution in [3.05, 3.63) is 33.0 Å². The average Bonchev–Trinajstić information content (AvgIpc) is 2.93. The van der Waals surface area contributed by atoms with E-state index in [1.54, 1.807) is 13.8 Å². The molecule has 1 aliphatic heterocycles. The van der Waals surface area contributed by atoms with Gasteiger partial charge in [0.2, 0.25) is 10.0 Å². The molecule has 9 heteroatoms. The average molecular weight is 297 g/mol. The van der Waals surface area contributed by atoms with E-state index in [2.05, 4.69) is 20.4 Å². The van der Waals surface area contributed by atoms with Gasteiger partial charge in [0.25, 0.3) is 5.56 Å². The summed E-state index contributed by atoms with van der Waals surface area (Å²) in [7, 11) is -3.64. The maximum Gasteiger partial charge on any atom is 0.268 e. The van der Waals surface area contributed by atoms with Crippen LogP contribution in [0.4, 0.5) is 0 Å². The van der Waals surface area contributed by atoms with Gasteiger partial charge in [0.15, 0.2) is 0 Å². The van der Waals surface area contributed by atoms with Gasteiger partial charge in [0, 0.05) is 25.2 Å². The number of aryl methyl sites for hydroxylation is 2. The maximum absolute atomic E-state index is 12.7. The lowest BCUT2D eigenvalue weighted by atomic mass is 10.1. The zero-order valence-electron chi connectivity index (χ0n) is 11.1. The van der Waals surface area contributed by atoms with E-state index in [4.69, 9.17) is 0 Å². The Balaban J connectivity index is 2.03. The Morgan fingerprint density at radius 2 is 2.00 bits per heavy atom. The summed E-state index contributed by atoms with van der Waals surface area (Å²) in [4.78, 5) is 11.8. The summed E-state index contributed by atoms with van der Waals surface area (Å²) < 4.78 is 26.7. The van der Waals surface area contributed by atoms with Crippen molar-refractivity contribution in [1.82, 2.24) is 24.7 Å². The first-order chi connectivity index (χ1) is 9.41. The molecule has 0 spiro atoms. The summed E-state index contributed by atoms with van der Waals surface area (Å²) in [6.07, 6.45) is 0.489. The zero-order chi connectivity index (χ0) is 14.5. The highest BCUT2D eigenvalue weighted by Gasteiger charge is 2.33. The van der Waals surface area contributed by atoms with E-state index < -0.39 is 10.0 Å². The van der Waals surface area contributed by atoms with E-state index in [1.165, 1.54) is 4.31 Å². The normalized spacial score (nSPS) is 16.3. The molecular weight excluding hydrogens is 282 g/mol. The standard InChI is InChI=1S/C11H15N5O3S/c1-6-10(7(2)13-12-6)20(18,19)16-4-3-9-8(5-16)11(17)15-14-9/h3-5H2,1-2H3,(H,12,13)(H2,14,15,17). The predicted octanol–water partition coefficient (Wildman–Crippen LogP) is -0.210. The Kier molecular flexibility index (Phi) is 2.83. The third kappa shape index (κ3) is 1.81. The van der Waals surface area contributed by atoms with Crippen LogP contribution >= 0.6 is 0 Å². The van der Waals surface area contributed by atoms with E-state index in [1.807, 2.05) is 0 Å². The highest BCUT2D eigenvalue weighted by Crippen LogP contribution is 2.25. The number of fused-ring (bicyclic) bond motifs is 1. The number of nitrogens with one attached hydrogen (secondary N) is 3. The Hall–Kier alpha value is -1.87.